The van der Waals surface area contributed by atoms with Crippen LogP contribution in [-0.2, 0) is 6.42 Å². The van der Waals surface area contributed by atoms with Gasteiger partial charge in [-0.05, 0) is 30.5 Å². The Balaban J connectivity index is 0.00000242. The van der Waals surface area contributed by atoms with Crippen molar-refractivity contribution in [2.24, 2.45) is 0 Å². The van der Waals surface area contributed by atoms with E-state index in [4.69, 9.17) is 4.74 Å². The lowest BCUT2D eigenvalue weighted by molar-refractivity contribution is 0.406. The summed E-state index contributed by atoms with van der Waals surface area (Å²) in [5.41, 5.74) is 2.48. The van der Waals surface area contributed by atoms with E-state index in [1.807, 2.05) is 18.2 Å². The van der Waals surface area contributed by atoms with Crippen LogP contribution in [0.1, 0.15) is 18.1 Å². The molecule has 0 aliphatic carbocycles. The van der Waals surface area contributed by atoms with Gasteiger partial charge in [0.25, 0.3) is 0 Å². The lowest BCUT2D eigenvalue weighted by atomic mass is 10.1. The standard InChI is InChI=1S/C19H23NO.ClH/c1-16(15-18-12-6-7-13-19(18)21-2)20-14-8-11-17-9-4-3-5-10-17;/h3-13,16,20H,14-15H2,1-2H3;1H/b11-8-;. The summed E-state index contributed by atoms with van der Waals surface area (Å²) in [6.07, 6.45) is 5.26. The van der Waals surface area contributed by atoms with Crippen LogP contribution in [0.4, 0.5) is 0 Å². The zero-order valence-electron chi connectivity index (χ0n) is 13.2. The van der Waals surface area contributed by atoms with Crippen molar-refractivity contribution in [3.8, 4) is 5.75 Å². The van der Waals surface area contributed by atoms with Gasteiger partial charge in [-0.25, -0.2) is 0 Å². The van der Waals surface area contributed by atoms with Crippen LogP contribution in [0.5, 0.6) is 5.75 Å². The Bertz CT molecular complexity index is 569. The van der Waals surface area contributed by atoms with Crippen molar-refractivity contribution in [3.05, 3.63) is 71.8 Å². The Hall–Kier alpha value is -1.77. The van der Waals surface area contributed by atoms with E-state index in [1.54, 1.807) is 7.11 Å². The lowest BCUT2D eigenvalue weighted by Gasteiger charge is -2.14. The second kappa shape index (κ2) is 10.0. The number of methoxy groups -OCH3 is 1. The number of para-hydroxylation sites is 1. The van der Waals surface area contributed by atoms with E-state index < -0.39 is 0 Å². The molecule has 2 aromatic rings. The van der Waals surface area contributed by atoms with Crippen molar-refractivity contribution in [3.63, 3.8) is 0 Å². The second-order valence-electron chi connectivity index (χ2n) is 5.14. The third kappa shape index (κ3) is 5.92. The number of benzene rings is 2. The molecule has 2 rings (SSSR count). The highest BCUT2D eigenvalue weighted by atomic mass is 35.5. The number of hydrogen-bond acceptors (Lipinski definition) is 2. The molecule has 1 N–H and O–H groups in total. The Labute approximate surface area is 139 Å². The van der Waals surface area contributed by atoms with Crippen molar-refractivity contribution in [2.45, 2.75) is 19.4 Å². The van der Waals surface area contributed by atoms with Gasteiger partial charge in [-0.1, -0.05) is 60.7 Å². The van der Waals surface area contributed by atoms with E-state index in [1.165, 1.54) is 11.1 Å². The zero-order chi connectivity index (χ0) is 14.9. The van der Waals surface area contributed by atoms with Crippen LogP contribution < -0.4 is 10.1 Å². The van der Waals surface area contributed by atoms with Crippen LogP contribution in [0.25, 0.3) is 6.08 Å². The van der Waals surface area contributed by atoms with Gasteiger partial charge >= 0.3 is 0 Å². The highest BCUT2D eigenvalue weighted by Gasteiger charge is 2.06. The third-order valence-corrected chi connectivity index (χ3v) is 3.41. The fourth-order valence-corrected chi connectivity index (χ4v) is 2.30. The number of rotatable bonds is 7. The van der Waals surface area contributed by atoms with Crippen molar-refractivity contribution < 1.29 is 4.74 Å². The Kier molecular flexibility index (Phi) is 8.34. The van der Waals surface area contributed by atoms with Gasteiger partial charge in [0.2, 0.25) is 0 Å². The molecule has 0 heterocycles. The largest absolute Gasteiger partial charge is 0.496 e. The van der Waals surface area contributed by atoms with Crippen molar-refractivity contribution >= 4 is 18.5 Å². The molecule has 2 aromatic carbocycles. The maximum Gasteiger partial charge on any atom is 0.122 e. The monoisotopic (exact) mass is 317 g/mol. The van der Waals surface area contributed by atoms with Gasteiger partial charge in [-0.3, -0.25) is 0 Å². The first-order chi connectivity index (χ1) is 10.3. The Morgan fingerprint density at radius 2 is 1.73 bits per heavy atom. The van der Waals surface area contributed by atoms with Gasteiger partial charge in [-0.2, -0.15) is 0 Å². The molecule has 0 fully saturated rings. The number of ether oxygens (including phenoxy) is 1. The molecule has 3 heteroatoms. The number of halogens is 1. The molecule has 22 heavy (non-hydrogen) atoms. The van der Waals surface area contributed by atoms with Crippen molar-refractivity contribution in [1.82, 2.24) is 5.32 Å². The molecule has 118 valence electrons. The van der Waals surface area contributed by atoms with E-state index in [2.05, 4.69) is 60.8 Å². The summed E-state index contributed by atoms with van der Waals surface area (Å²) >= 11 is 0. The molecule has 0 radical (unpaired) electrons. The highest BCUT2D eigenvalue weighted by molar-refractivity contribution is 5.85. The van der Waals surface area contributed by atoms with E-state index >= 15 is 0 Å². The quantitative estimate of drug-likeness (QED) is 0.819. The summed E-state index contributed by atoms with van der Waals surface area (Å²) < 4.78 is 5.39. The smallest absolute Gasteiger partial charge is 0.122 e. The molecule has 1 atom stereocenters. The van der Waals surface area contributed by atoms with E-state index in [0.717, 1.165) is 18.7 Å². The second-order valence-corrected chi connectivity index (χ2v) is 5.14. The maximum atomic E-state index is 5.39. The van der Waals surface area contributed by atoms with Crippen LogP contribution >= 0.6 is 12.4 Å². The van der Waals surface area contributed by atoms with Crippen molar-refractivity contribution in [2.75, 3.05) is 13.7 Å². The summed E-state index contributed by atoms with van der Waals surface area (Å²) in [6.45, 7) is 3.06. The van der Waals surface area contributed by atoms with E-state index in [-0.39, 0.29) is 12.4 Å². The topological polar surface area (TPSA) is 21.3 Å². The molecule has 0 aliphatic heterocycles. The molecule has 0 spiro atoms. The summed E-state index contributed by atoms with van der Waals surface area (Å²) in [5, 5.41) is 3.51. The molecule has 0 saturated carbocycles. The SMILES string of the molecule is COc1ccccc1CC(C)NC/C=C\c1ccccc1.Cl. The lowest BCUT2D eigenvalue weighted by Crippen LogP contribution is -2.28. The minimum Gasteiger partial charge on any atom is -0.496 e. The number of nitrogens with one attached hydrogen (secondary N) is 1. The van der Waals surface area contributed by atoms with Gasteiger partial charge in [-0.15, -0.1) is 12.4 Å². The molecule has 0 saturated heterocycles. The third-order valence-electron chi connectivity index (χ3n) is 3.41. The summed E-state index contributed by atoms with van der Waals surface area (Å²) in [6, 6.07) is 18.9. The minimum atomic E-state index is 0. The normalized spacial score (nSPS) is 11.9. The first-order valence-electron chi connectivity index (χ1n) is 7.36. The fourth-order valence-electron chi connectivity index (χ4n) is 2.30. The van der Waals surface area contributed by atoms with Crippen LogP contribution in [0, 0.1) is 0 Å². The molecule has 0 amide bonds. The molecule has 2 nitrogen and oxygen atoms in total. The minimum absolute atomic E-state index is 0. The highest BCUT2D eigenvalue weighted by Crippen LogP contribution is 2.18. The number of hydrogen-bond donors (Lipinski definition) is 1. The fraction of sp³-hybridized carbons (Fsp3) is 0.263. The summed E-state index contributed by atoms with van der Waals surface area (Å²) in [5.74, 6) is 0.964. The first-order valence-corrected chi connectivity index (χ1v) is 7.36. The summed E-state index contributed by atoms with van der Waals surface area (Å²) in [7, 11) is 1.72. The average Bonchev–Trinajstić information content (AvgIpc) is 2.53. The van der Waals surface area contributed by atoms with Gasteiger partial charge in [0, 0.05) is 12.6 Å². The molecule has 1 unspecified atom stereocenters. The predicted octanol–water partition coefficient (Wildman–Crippen LogP) is 4.35. The van der Waals surface area contributed by atoms with Gasteiger partial charge in [0.1, 0.15) is 5.75 Å². The molecule has 0 bridgehead atoms. The first kappa shape index (κ1) is 18.3. The zero-order valence-corrected chi connectivity index (χ0v) is 14.0. The van der Waals surface area contributed by atoms with E-state index in [9.17, 15) is 0 Å². The average molecular weight is 318 g/mol. The van der Waals surface area contributed by atoms with Gasteiger partial charge in [0.05, 0.1) is 7.11 Å². The van der Waals surface area contributed by atoms with Crippen LogP contribution in [-0.4, -0.2) is 19.7 Å². The van der Waals surface area contributed by atoms with Gasteiger partial charge < -0.3 is 10.1 Å². The molecule has 0 aliphatic rings. The van der Waals surface area contributed by atoms with Crippen LogP contribution in [0.15, 0.2) is 60.7 Å². The van der Waals surface area contributed by atoms with Gasteiger partial charge in [0.15, 0.2) is 0 Å². The van der Waals surface area contributed by atoms with Crippen molar-refractivity contribution in [1.29, 1.82) is 0 Å². The predicted molar refractivity (Wildman–Crippen MR) is 96.9 cm³/mol. The van der Waals surface area contributed by atoms with Crippen LogP contribution in [0.3, 0.4) is 0 Å². The van der Waals surface area contributed by atoms with Crippen LogP contribution in [0.2, 0.25) is 0 Å². The Morgan fingerprint density at radius 3 is 2.45 bits per heavy atom. The van der Waals surface area contributed by atoms with E-state index in [0.29, 0.717) is 6.04 Å². The molecular formula is C19H24ClNO. The molecular weight excluding hydrogens is 294 g/mol. The molecule has 0 aromatic heterocycles. The summed E-state index contributed by atoms with van der Waals surface area (Å²) in [4.78, 5) is 0. The Morgan fingerprint density at radius 1 is 1.05 bits per heavy atom. The maximum absolute atomic E-state index is 5.39.